The predicted octanol–water partition coefficient (Wildman–Crippen LogP) is 5.19. The summed E-state index contributed by atoms with van der Waals surface area (Å²) in [6.45, 7) is 7.73. The van der Waals surface area contributed by atoms with E-state index in [1.807, 2.05) is 50.2 Å². The fourth-order valence-electron chi connectivity index (χ4n) is 3.42. The zero-order chi connectivity index (χ0) is 23.3. The quantitative estimate of drug-likeness (QED) is 0.513. The minimum atomic E-state index is -3.92. The van der Waals surface area contributed by atoms with E-state index in [1.54, 1.807) is 30.3 Å². The Hall–Kier alpha value is -3.12. The molecule has 0 aliphatic rings. The summed E-state index contributed by atoms with van der Waals surface area (Å²) in [5.74, 6) is -0.0487. The molecular formula is C26H30N2O3S. The first-order valence-electron chi connectivity index (χ1n) is 10.7. The van der Waals surface area contributed by atoms with Gasteiger partial charge in [0.2, 0.25) is 5.91 Å². The Bertz CT molecular complexity index is 1140. The van der Waals surface area contributed by atoms with Crippen LogP contribution in [0.2, 0.25) is 0 Å². The van der Waals surface area contributed by atoms with Crippen LogP contribution in [0.15, 0.2) is 83.8 Å². The fourth-order valence-corrected chi connectivity index (χ4v) is 4.86. The molecule has 32 heavy (non-hydrogen) atoms. The first kappa shape index (κ1) is 23.5. The van der Waals surface area contributed by atoms with Gasteiger partial charge in [0.1, 0.15) is 6.54 Å². The molecule has 1 atom stereocenters. The molecule has 0 saturated heterocycles. The third-order valence-corrected chi connectivity index (χ3v) is 7.21. The standard InChI is InChI=1S/C26H30N2O3S/c1-19(2)22-14-16-24(17-15-22)28(32(30,31)25-8-6-5-7-9-25)18-26(29)27-21(4)23-12-10-20(3)11-13-23/h5-17,19,21H,18H2,1-4H3,(H,27,29)/t21-/m1/s1. The molecule has 3 aromatic rings. The number of benzene rings is 3. The molecule has 0 saturated carbocycles. The van der Waals surface area contributed by atoms with Crippen molar-refractivity contribution in [2.24, 2.45) is 0 Å². The highest BCUT2D eigenvalue weighted by Crippen LogP contribution is 2.26. The van der Waals surface area contributed by atoms with Crippen LogP contribution in [0.3, 0.4) is 0 Å². The van der Waals surface area contributed by atoms with E-state index >= 15 is 0 Å². The molecule has 168 valence electrons. The predicted molar refractivity (Wildman–Crippen MR) is 129 cm³/mol. The molecule has 0 aliphatic heterocycles. The molecule has 0 fully saturated rings. The van der Waals surface area contributed by atoms with Gasteiger partial charge in [-0.05, 0) is 55.2 Å². The lowest BCUT2D eigenvalue weighted by molar-refractivity contribution is -0.120. The molecule has 0 heterocycles. The Morgan fingerprint density at radius 3 is 1.97 bits per heavy atom. The van der Waals surface area contributed by atoms with Crippen LogP contribution < -0.4 is 9.62 Å². The Labute approximate surface area is 191 Å². The topological polar surface area (TPSA) is 66.5 Å². The summed E-state index contributed by atoms with van der Waals surface area (Å²) in [4.78, 5) is 13.1. The smallest absolute Gasteiger partial charge is 0.264 e. The van der Waals surface area contributed by atoms with Crippen molar-refractivity contribution in [3.8, 4) is 0 Å². The van der Waals surface area contributed by atoms with Gasteiger partial charge in [-0.1, -0.05) is 74.0 Å². The van der Waals surface area contributed by atoms with Gasteiger partial charge < -0.3 is 5.32 Å². The van der Waals surface area contributed by atoms with E-state index in [0.29, 0.717) is 11.6 Å². The zero-order valence-corrected chi connectivity index (χ0v) is 19.8. The van der Waals surface area contributed by atoms with E-state index in [9.17, 15) is 13.2 Å². The lowest BCUT2D eigenvalue weighted by Gasteiger charge is -2.25. The van der Waals surface area contributed by atoms with Crippen molar-refractivity contribution >= 4 is 21.6 Å². The average molecular weight is 451 g/mol. The maximum atomic E-state index is 13.4. The molecule has 0 aliphatic carbocycles. The van der Waals surface area contributed by atoms with Crippen molar-refractivity contribution < 1.29 is 13.2 Å². The van der Waals surface area contributed by atoms with Crippen LogP contribution in [0.1, 0.15) is 49.4 Å². The van der Waals surface area contributed by atoms with Crippen LogP contribution in [0.25, 0.3) is 0 Å². The molecule has 1 N–H and O–H groups in total. The van der Waals surface area contributed by atoms with Gasteiger partial charge in [-0.25, -0.2) is 8.42 Å². The minimum Gasteiger partial charge on any atom is -0.348 e. The molecule has 0 bridgehead atoms. The van der Waals surface area contributed by atoms with Crippen LogP contribution in [-0.2, 0) is 14.8 Å². The summed E-state index contributed by atoms with van der Waals surface area (Å²) < 4.78 is 28.0. The molecule has 1 amide bonds. The van der Waals surface area contributed by atoms with Crippen molar-refractivity contribution in [1.82, 2.24) is 5.32 Å². The first-order valence-corrected chi connectivity index (χ1v) is 12.2. The average Bonchev–Trinajstić information content (AvgIpc) is 2.78. The maximum absolute atomic E-state index is 13.4. The molecular weight excluding hydrogens is 420 g/mol. The number of carbonyl (C=O) groups is 1. The minimum absolute atomic E-state index is 0.146. The van der Waals surface area contributed by atoms with Gasteiger partial charge in [-0.2, -0.15) is 0 Å². The van der Waals surface area contributed by atoms with Crippen molar-refractivity contribution in [2.75, 3.05) is 10.8 Å². The highest BCUT2D eigenvalue weighted by atomic mass is 32.2. The van der Waals surface area contributed by atoms with Crippen molar-refractivity contribution in [3.63, 3.8) is 0 Å². The highest BCUT2D eigenvalue weighted by Gasteiger charge is 2.27. The molecule has 5 nitrogen and oxygen atoms in total. The number of sulfonamides is 1. The largest absolute Gasteiger partial charge is 0.348 e. The highest BCUT2D eigenvalue weighted by molar-refractivity contribution is 7.92. The summed E-state index contributed by atoms with van der Waals surface area (Å²) >= 11 is 0. The van der Waals surface area contributed by atoms with Crippen LogP contribution in [0.5, 0.6) is 0 Å². The normalized spacial score (nSPS) is 12.4. The first-order chi connectivity index (χ1) is 15.2. The Balaban J connectivity index is 1.88. The van der Waals surface area contributed by atoms with Gasteiger partial charge in [-0.3, -0.25) is 9.10 Å². The van der Waals surface area contributed by atoms with E-state index in [4.69, 9.17) is 0 Å². The summed E-state index contributed by atoms with van der Waals surface area (Å²) in [5.41, 5.74) is 3.65. The third-order valence-electron chi connectivity index (χ3n) is 5.42. The van der Waals surface area contributed by atoms with E-state index in [1.165, 1.54) is 16.4 Å². The van der Waals surface area contributed by atoms with E-state index in [0.717, 1.165) is 16.7 Å². The van der Waals surface area contributed by atoms with Gasteiger partial charge in [-0.15, -0.1) is 0 Å². The molecule has 0 aromatic heterocycles. The lowest BCUT2D eigenvalue weighted by Crippen LogP contribution is -2.41. The van der Waals surface area contributed by atoms with Crippen LogP contribution in [0, 0.1) is 6.92 Å². The van der Waals surface area contributed by atoms with E-state index in [2.05, 4.69) is 19.2 Å². The van der Waals surface area contributed by atoms with Crippen molar-refractivity contribution in [1.29, 1.82) is 0 Å². The monoisotopic (exact) mass is 450 g/mol. The summed E-state index contributed by atoms with van der Waals surface area (Å²) in [6, 6.07) is 23.2. The number of anilines is 1. The van der Waals surface area contributed by atoms with Crippen molar-refractivity contribution in [3.05, 3.63) is 95.6 Å². The Morgan fingerprint density at radius 2 is 1.41 bits per heavy atom. The lowest BCUT2D eigenvalue weighted by atomic mass is 10.0. The number of hydrogen-bond donors (Lipinski definition) is 1. The van der Waals surface area contributed by atoms with Crippen LogP contribution in [-0.4, -0.2) is 20.9 Å². The Morgan fingerprint density at radius 1 is 0.844 bits per heavy atom. The van der Waals surface area contributed by atoms with Crippen LogP contribution >= 0.6 is 0 Å². The van der Waals surface area contributed by atoms with Crippen LogP contribution in [0.4, 0.5) is 5.69 Å². The second-order valence-electron chi connectivity index (χ2n) is 8.27. The number of amides is 1. The number of aryl methyl sites for hydroxylation is 1. The van der Waals surface area contributed by atoms with E-state index < -0.39 is 10.0 Å². The number of nitrogens with one attached hydrogen (secondary N) is 1. The van der Waals surface area contributed by atoms with Crippen molar-refractivity contribution in [2.45, 2.75) is 44.6 Å². The fraction of sp³-hybridized carbons (Fsp3) is 0.269. The third kappa shape index (κ3) is 5.56. The van der Waals surface area contributed by atoms with Gasteiger partial charge in [0.25, 0.3) is 10.0 Å². The second-order valence-corrected chi connectivity index (χ2v) is 10.1. The molecule has 3 aromatic carbocycles. The summed E-state index contributed by atoms with van der Waals surface area (Å²) in [7, 11) is -3.92. The van der Waals surface area contributed by atoms with Gasteiger partial charge in [0.15, 0.2) is 0 Å². The van der Waals surface area contributed by atoms with Gasteiger partial charge in [0, 0.05) is 0 Å². The summed E-state index contributed by atoms with van der Waals surface area (Å²) in [5, 5.41) is 2.92. The number of nitrogens with zero attached hydrogens (tertiary/aromatic N) is 1. The molecule has 0 radical (unpaired) electrons. The summed E-state index contributed by atoms with van der Waals surface area (Å²) in [6.07, 6.45) is 0. The number of carbonyl (C=O) groups excluding carboxylic acids is 1. The number of rotatable bonds is 8. The maximum Gasteiger partial charge on any atom is 0.264 e. The van der Waals surface area contributed by atoms with Gasteiger partial charge >= 0.3 is 0 Å². The number of hydrogen-bond acceptors (Lipinski definition) is 3. The second kappa shape index (κ2) is 10.0. The SMILES string of the molecule is Cc1ccc([C@@H](C)NC(=O)CN(c2ccc(C(C)C)cc2)S(=O)(=O)c2ccccc2)cc1. The molecule has 6 heteroatoms. The van der Waals surface area contributed by atoms with Gasteiger partial charge in [0.05, 0.1) is 16.6 Å². The zero-order valence-electron chi connectivity index (χ0n) is 18.9. The van der Waals surface area contributed by atoms with E-state index in [-0.39, 0.29) is 23.4 Å². The molecule has 3 rings (SSSR count). The Kier molecular flexibility index (Phi) is 7.36. The molecule has 0 spiro atoms. The molecule has 0 unspecified atom stereocenters.